The monoisotopic (exact) mass is 335 g/mol. The van der Waals surface area contributed by atoms with Crippen molar-refractivity contribution in [3.63, 3.8) is 0 Å². The van der Waals surface area contributed by atoms with Crippen LogP contribution in [0.25, 0.3) is 11.4 Å². The molecule has 0 unspecified atom stereocenters. The molecule has 6 nitrogen and oxygen atoms in total. The van der Waals surface area contributed by atoms with Crippen molar-refractivity contribution < 1.29 is 4.52 Å². The Labute approximate surface area is 125 Å². The first-order valence-corrected chi connectivity index (χ1v) is 7.09. The van der Waals surface area contributed by atoms with Crippen LogP contribution in [0.2, 0.25) is 0 Å². The normalized spacial score (nSPS) is 14.5. The lowest BCUT2D eigenvalue weighted by molar-refractivity contribution is 0.373. The van der Waals surface area contributed by atoms with Gasteiger partial charge in [0.2, 0.25) is 11.7 Å². The number of hydrogen-bond donors (Lipinski definition) is 1. The molecule has 0 spiro atoms. The van der Waals surface area contributed by atoms with Crippen LogP contribution in [0.3, 0.4) is 0 Å². The summed E-state index contributed by atoms with van der Waals surface area (Å²) >= 11 is 3.43. The molecule has 1 aromatic carbocycles. The molecule has 0 amide bonds. The third-order valence-corrected chi connectivity index (χ3v) is 3.50. The van der Waals surface area contributed by atoms with Gasteiger partial charge >= 0.3 is 0 Å². The molecule has 1 aromatic heterocycles. The van der Waals surface area contributed by atoms with Crippen molar-refractivity contribution in [1.82, 2.24) is 20.4 Å². The molecule has 1 aliphatic heterocycles. The zero-order valence-electron chi connectivity index (χ0n) is 11.0. The van der Waals surface area contributed by atoms with Crippen molar-refractivity contribution in [3.8, 4) is 11.4 Å². The summed E-state index contributed by atoms with van der Waals surface area (Å²) in [7, 11) is 2.00. The summed E-state index contributed by atoms with van der Waals surface area (Å²) in [6.45, 7) is 2.24. The van der Waals surface area contributed by atoms with Gasteiger partial charge in [-0.2, -0.15) is 4.98 Å². The summed E-state index contributed by atoms with van der Waals surface area (Å²) in [6.07, 6.45) is 0. The Balaban J connectivity index is 1.68. The molecule has 0 bridgehead atoms. The van der Waals surface area contributed by atoms with Gasteiger partial charge in [-0.3, -0.25) is 4.99 Å². The summed E-state index contributed by atoms with van der Waals surface area (Å²) in [5, 5.41) is 7.19. The molecule has 0 atom stereocenters. The van der Waals surface area contributed by atoms with E-state index in [0.717, 1.165) is 29.1 Å². The minimum Gasteiger partial charge on any atom is -0.347 e. The first-order chi connectivity index (χ1) is 9.72. The second-order valence-corrected chi connectivity index (χ2v) is 5.42. The number of guanidine groups is 1. The lowest BCUT2D eigenvalue weighted by Gasteiger charge is -2.13. The Bertz CT molecular complexity index is 639. The Kier molecular flexibility index (Phi) is 3.68. The van der Waals surface area contributed by atoms with Gasteiger partial charge in [0.05, 0.1) is 13.1 Å². The summed E-state index contributed by atoms with van der Waals surface area (Å²) in [5.41, 5.74) is 0.921. The fraction of sp³-hybridized carbons (Fsp3) is 0.308. The van der Waals surface area contributed by atoms with Gasteiger partial charge in [-0.25, -0.2) is 0 Å². The molecule has 1 aliphatic rings. The smallest absolute Gasteiger partial charge is 0.246 e. The minimum atomic E-state index is 0.476. The third-order valence-electron chi connectivity index (χ3n) is 3.01. The number of nitrogens with one attached hydrogen (secondary N) is 1. The predicted molar refractivity (Wildman–Crippen MR) is 79.2 cm³/mol. The fourth-order valence-electron chi connectivity index (χ4n) is 1.95. The molecule has 1 N–H and O–H groups in total. The number of nitrogens with zero attached hydrogens (tertiary/aromatic N) is 4. The number of benzene rings is 1. The van der Waals surface area contributed by atoms with E-state index in [1.165, 1.54) is 0 Å². The number of aliphatic imine (C=N–C) groups is 1. The molecule has 0 radical (unpaired) electrons. The van der Waals surface area contributed by atoms with Crippen molar-refractivity contribution in [3.05, 3.63) is 34.6 Å². The van der Waals surface area contributed by atoms with E-state index in [-0.39, 0.29) is 0 Å². The highest BCUT2D eigenvalue weighted by Gasteiger charge is 2.14. The van der Waals surface area contributed by atoms with E-state index in [4.69, 9.17) is 4.52 Å². The molecule has 2 heterocycles. The van der Waals surface area contributed by atoms with E-state index in [1.807, 2.05) is 31.3 Å². The molecule has 0 aliphatic carbocycles. The van der Waals surface area contributed by atoms with E-state index in [9.17, 15) is 0 Å². The molecular weight excluding hydrogens is 322 g/mol. The van der Waals surface area contributed by atoms with Crippen LogP contribution in [0, 0.1) is 0 Å². The number of rotatable bonds is 3. The van der Waals surface area contributed by atoms with Gasteiger partial charge in [0.1, 0.15) is 0 Å². The van der Waals surface area contributed by atoms with Gasteiger partial charge in [-0.15, -0.1) is 0 Å². The lowest BCUT2D eigenvalue weighted by atomic mass is 10.2. The molecule has 0 saturated heterocycles. The quantitative estimate of drug-likeness (QED) is 0.927. The average Bonchev–Trinajstić information content (AvgIpc) is 3.05. The Hall–Kier alpha value is -1.89. The summed E-state index contributed by atoms with van der Waals surface area (Å²) in [4.78, 5) is 10.8. The maximum absolute atomic E-state index is 5.24. The van der Waals surface area contributed by atoms with Crippen LogP contribution in [0.15, 0.2) is 38.3 Å². The molecule has 7 heteroatoms. The number of likely N-dealkylation sites (N-methyl/N-ethyl adjacent to an activating group) is 1. The molecular formula is C13H14BrN5O. The van der Waals surface area contributed by atoms with Crippen LogP contribution < -0.4 is 5.32 Å². The Morgan fingerprint density at radius 2 is 2.35 bits per heavy atom. The van der Waals surface area contributed by atoms with E-state index in [2.05, 4.69) is 41.3 Å². The fourth-order valence-corrected chi connectivity index (χ4v) is 2.35. The highest BCUT2D eigenvalue weighted by atomic mass is 79.9. The standard InChI is InChI=1S/C13H14BrN5O/c1-19-6-5-15-13(19)16-8-11-17-12(18-20-11)9-3-2-4-10(14)7-9/h2-4,7H,5-6,8H2,1H3,(H,15,16). The maximum Gasteiger partial charge on any atom is 0.246 e. The predicted octanol–water partition coefficient (Wildman–Crippen LogP) is 1.89. The van der Waals surface area contributed by atoms with Crippen molar-refractivity contribution in [1.29, 1.82) is 0 Å². The van der Waals surface area contributed by atoms with Crippen LogP contribution in [-0.2, 0) is 6.54 Å². The summed E-state index contributed by atoms with van der Waals surface area (Å²) in [6, 6.07) is 7.80. The van der Waals surface area contributed by atoms with Crippen LogP contribution in [-0.4, -0.2) is 41.1 Å². The topological polar surface area (TPSA) is 66.5 Å². The van der Waals surface area contributed by atoms with Crippen LogP contribution >= 0.6 is 15.9 Å². The van der Waals surface area contributed by atoms with E-state index in [0.29, 0.717) is 18.3 Å². The summed E-state index contributed by atoms with van der Waals surface area (Å²) in [5.74, 6) is 2.00. The van der Waals surface area contributed by atoms with Crippen LogP contribution in [0.5, 0.6) is 0 Å². The largest absolute Gasteiger partial charge is 0.347 e. The first kappa shape index (κ1) is 13.1. The highest BCUT2D eigenvalue weighted by Crippen LogP contribution is 2.20. The second kappa shape index (κ2) is 5.62. The van der Waals surface area contributed by atoms with Crippen LogP contribution in [0.4, 0.5) is 0 Å². The number of aromatic nitrogens is 2. The Morgan fingerprint density at radius 1 is 1.45 bits per heavy atom. The van der Waals surface area contributed by atoms with E-state index < -0.39 is 0 Å². The van der Waals surface area contributed by atoms with Gasteiger partial charge in [0.15, 0.2) is 5.96 Å². The van der Waals surface area contributed by atoms with Crippen molar-refractivity contribution >= 4 is 21.9 Å². The van der Waals surface area contributed by atoms with Crippen LogP contribution in [0.1, 0.15) is 5.89 Å². The Morgan fingerprint density at radius 3 is 3.10 bits per heavy atom. The van der Waals surface area contributed by atoms with Gasteiger partial charge in [-0.05, 0) is 12.1 Å². The number of halogens is 1. The third kappa shape index (κ3) is 2.82. The van der Waals surface area contributed by atoms with Gasteiger partial charge < -0.3 is 14.7 Å². The SMILES string of the molecule is CN1CCN=C1NCc1nc(-c2cccc(Br)c2)no1. The van der Waals surface area contributed by atoms with E-state index in [1.54, 1.807) is 0 Å². The average molecular weight is 336 g/mol. The number of hydrogen-bond acceptors (Lipinski definition) is 6. The zero-order valence-corrected chi connectivity index (χ0v) is 12.6. The lowest BCUT2D eigenvalue weighted by Crippen LogP contribution is -2.35. The van der Waals surface area contributed by atoms with Crippen molar-refractivity contribution in [2.24, 2.45) is 4.99 Å². The minimum absolute atomic E-state index is 0.476. The van der Waals surface area contributed by atoms with E-state index >= 15 is 0 Å². The van der Waals surface area contributed by atoms with Gasteiger partial charge in [0.25, 0.3) is 0 Å². The van der Waals surface area contributed by atoms with Gasteiger partial charge in [0, 0.05) is 23.6 Å². The molecule has 0 fully saturated rings. The molecule has 104 valence electrons. The molecule has 0 saturated carbocycles. The molecule has 3 rings (SSSR count). The van der Waals surface area contributed by atoms with Crippen molar-refractivity contribution in [2.45, 2.75) is 6.54 Å². The van der Waals surface area contributed by atoms with Crippen molar-refractivity contribution in [2.75, 3.05) is 20.1 Å². The van der Waals surface area contributed by atoms with Gasteiger partial charge in [-0.1, -0.05) is 33.2 Å². The highest BCUT2D eigenvalue weighted by molar-refractivity contribution is 9.10. The molecule has 20 heavy (non-hydrogen) atoms. The first-order valence-electron chi connectivity index (χ1n) is 6.30. The zero-order chi connectivity index (χ0) is 13.9. The molecule has 2 aromatic rings. The maximum atomic E-state index is 5.24. The summed E-state index contributed by atoms with van der Waals surface area (Å²) < 4.78 is 6.23. The second-order valence-electron chi connectivity index (χ2n) is 4.50.